The lowest BCUT2D eigenvalue weighted by molar-refractivity contribution is 0.742. The van der Waals surface area contributed by atoms with E-state index in [0.29, 0.717) is 0 Å². The molecule has 1 atom stereocenters. The Hall–Kier alpha value is -0.710. The van der Waals surface area contributed by atoms with Gasteiger partial charge in [0.25, 0.3) is 0 Å². The van der Waals surface area contributed by atoms with Crippen LogP contribution in [0, 0.1) is 6.92 Å². The van der Waals surface area contributed by atoms with Crippen molar-refractivity contribution < 1.29 is 0 Å². The van der Waals surface area contributed by atoms with E-state index in [4.69, 9.17) is 5.73 Å². The number of nitrogens with two attached hydrogens (primary N) is 1. The number of aromatic nitrogens is 1. The lowest BCUT2D eigenvalue weighted by atomic mass is 10.2. The van der Waals surface area contributed by atoms with Crippen molar-refractivity contribution in [1.82, 2.24) is 4.98 Å². The lowest BCUT2D eigenvalue weighted by Crippen LogP contribution is -2.17. The maximum atomic E-state index is 5.80. The van der Waals surface area contributed by atoms with E-state index < -0.39 is 0 Å². The molecule has 0 aliphatic rings. The molecule has 80 valence electrons. The Balaban J connectivity index is 2.29. The summed E-state index contributed by atoms with van der Waals surface area (Å²) in [7, 11) is 0. The van der Waals surface area contributed by atoms with Crippen LogP contribution in [0.5, 0.6) is 0 Å². The van der Waals surface area contributed by atoms with Gasteiger partial charge in [0.1, 0.15) is 5.01 Å². The van der Waals surface area contributed by atoms with Crippen LogP contribution in [-0.2, 0) is 6.42 Å². The van der Waals surface area contributed by atoms with E-state index in [1.807, 2.05) is 6.92 Å². The van der Waals surface area contributed by atoms with Gasteiger partial charge < -0.3 is 5.73 Å². The van der Waals surface area contributed by atoms with Crippen LogP contribution in [0.1, 0.15) is 17.5 Å². The van der Waals surface area contributed by atoms with Crippen molar-refractivity contribution in [2.45, 2.75) is 26.3 Å². The third kappa shape index (κ3) is 2.45. The maximum Gasteiger partial charge on any atom is 0.133 e. The third-order valence-corrected chi connectivity index (χ3v) is 4.35. The van der Waals surface area contributed by atoms with Crippen LogP contribution >= 0.6 is 22.7 Å². The van der Waals surface area contributed by atoms with Gasteiger partial charge in [0.15, 0.2) is 0 Å². The van der Waals surface area contributed by atoms with Crippen molar-refractivity contribution in [1.29, 1.82) is 0 Å². The fourth-order valence-electron chi connectivity index (χ4n) is 1.42. The first kappa shape index (κ1) is 10.8. The maximum absolute atomic E-state index is 5.80. The van der Waals surface area contributed by atoms with Gasteiger partial charge in [0.2, 0.25) is 0 Å². The van der Waals surface area contributed by atoms with Gasteiger partial charge in [-0.3, -0.25) is 0 Å². The number of hydrogen-bond acceptors (Lipinski definition) is 4. The van der Waals surface area contributed by atoms with Crippen molar-refractivity contribution >= 4 is 22.7 Å². The predicted molar refractivity (Wildman–Crippen MR) is 67.5 cm³/mol. The molecule has 0 radical (unpaired) electrons. The Labute approximate surface area is 97.8 Å². The first-order valence-electron chi connectivity index (χ1n) is 4.92. The summed E-state index contributed by atoms with van der Waals surface area (Å²) in [6.45, 7) is 4.09. The second-order valence-corrected chi connectivity index (χ2v) is 5.72. The van der Waals surface area contributed by atoms with E-state index in [0.717, 1.165) is 17.1 Å². The van der Waals surface area contributed by atoms with E-state index >= 15 is 0 Å². The van der Waals surface area contributed by atoms with Crippen molar-refractivity contribution in [3.63, 3.8) is 0 Å². The van der Waals surface area contributed by atoms with Gasteiger partial charge in [-0.05, 0) is 31.7 Å². The predicted octanol–water partition coefficient (Wildman–Crippen LogP) is 3.07. The van der Waals surface area contributed by atoms with E-state index in [1.54, 1.807) is 22.7 Å². The normalized spacial score (nSPS) is 13.0. The van der Waals surface area contributed by atoms with E-state index in [2.05, 4.69) is 29.4 Å². The number of thiazole rings is 1. The third-order valence-electron chi connectivity index (χ3n) is 2.13. The molecule has 0 saturated heterocycles. The molecular weight excluding hydrogens is 224 g/mol. The highest BCUT2D eigenvalue weighted by atomic mass is 32.1. The quantitative estimate of drug-likeness (QED) is 0.892. The molecule has 2 nitrogen and oxygen atoms in total. The highest BCUT2D eigenvalue weighted by Crippen LogP contribution is 2.31. The Morgan fingerprint density at radius 2 is 2.33 bits per heavy atom. The van der Waals surface area contributed by atoms with Crippen LogP contribution in [0.4, 0.5) is 0 Å². The zero-order valence-corrected chi connectivity index (χ0v) is 10.5. The first-order chi connectivity index (χ1) is 7.16. The Bertz CT molecular complexity index is 429. The second kappa shape index (κ2) is 4.43. The van der Waals surface area contributed by atoms with Gasteiger partial charge in [-0.15, -0.1) is 22.7 Å². The average molecular weight is 238 g/mol. The summed E-state index contributed by atoms with van der Waals surface area (Å²) < 4.78 is 0. The van der Waals surface area contributed by atoms with Crippen LogP contribution in [0.3, 0.4) is 0 Å². The number of nitrogens with zero attached hydrogens (tertiary/aromatic N) is 1. The minimum absolute atomic E-state index is 0.209. The summed E-state index contributed by atoms with van der Waals surface area (Å²) in [5, 5.41) is 3.20. The number of aryl methyl sites for hydroxylation is 1. The molecule has 0 aliphatic carbocycles. The molecule has 0 fully saturated rings. The number of hydrogen-bond donors (Lipinski definition) is 1. The van der Waals surface area contributed by atoms with Crippen molar-refractivity contribution in [3.8, 4) is 9.88 Å². The minimum atomic E-state index is 0.209. The molecule has 15 heavy (non-hydrogen) atoms. The molecule has 2 rings (SSSR count). The van der Waals surface area contributed by atoms with Gasteiger partial charge in [0, 0.05) is 10.9 Å². The topological polar surface area (TPSA) is 38.9 Å². The summed E-state index contributed by atoms with van der Waals surface area (Å²) in [4.78, 5) is 7.14. The van der Waals surface area contributed by atoms with Gasteiger partial charge in [0.05, 0.1) is 10.6 Å². The van der Waals surface area contributed by atoms with Crippen LogP contribution in [-0.4, -0.2) is 11.0 Å². The Kier molecular flexibility index (Phi) is 3.19. The molecule has 0 aliphatic heterocycles. The van der Waals surface area contributed by atoms with E-state index in [-0.39, 0.29) is 6.04 Å². The molecule has 2 N–H and O–H groups in total. The van der Waals surface area contributed by atoms with Crippen molar-refractivity contribution in [2.24, 2.45) is 5.73 Å². The monoisotopic (exact) mass is 238 g/mol. The molecule has 2 aromatic heterocycles. The molecule has 0 spiro atoms. The van der Waals surface area contributed by atoms with Crippen LogP contribution in [0.15, 0.2) is 17.5 Å². The molecule has 2 aromatic rings. The SMILES string of the molecule is Cc1nc(-c2cccs2)sc1CC(C)N. The highest BCUT2D eigenvalue weighted by molar-refractivity contribution is 7.21. The lowest BCUT2D eigenvalue weighted by Gasteiger charge is -2.01. The van der Waals surface area contributed by atoms with Crippen LogP contribution < -0.4 is 5.73 Å². The van der Waals surface area contributed by atoms with Gasteiger partial charge in [-0.2, -0.15) is 0 Å². The van der Waals surface area contributed by atoms with Gasteiger partial charge in [-0.25, -0.2) is 4.98 Å². The molecule has 0 aromatic carbocycles. The average Bonchev–Trinajstić information content (AvgIpc) is 2.75. The summed E-state index contributed by atoms with van der Waals surface area (Å²) in [5.41, 5.74) is 6.93. The molecule has 1 unspecified atom stereocenters. The smallest absolute Gasteiger partial charge is 0.133 e. The fourth-order valence-corrected chi connectivity index (χ4v) is 3.42. The summed E-state index contributed by atoms with van der Waals surface area (Å²) in [5.74, 6) is 0. The number of rotatable bonds is 3. The minimum Gasteiger partial charge on any atom is -0.328 e. The van der Waals surface area contributed by atoms with Gasteiger partial charge in [-0.1, -0.05) is 6.07 Å². The van der Waals surface area contributed by atoms with Crippen LogP contribution in [0.25, 0.3) is 9.88 Å². The van der Waals surface area contributed by atoms with E-state index in [1.165, 1.54) is 9.75 Å². The molecular formula is C11H14N2S2. The zero-order chi connectivity index (χ0) is 10.8. The Morgan fingerprint density at radius 3 is 2.93 bits per heavy atom. The summed E-state index contributed by atoms with van der Waals surface area (Å²) in [6, 6.07) is 4.38. The van der Waals surface area contributed by atoms with E-state index in [9.17, 15) is 0 Å². The molecule has 0 bridgehead atoms. The number of thiophene rings is 1. The molecule has 2 heterocycles. The molecule has 0 amide bonds. The molecule has 0 saturated carbocycles. The zero-order valence-electron chi connectivity index (χ0n) is 8.86. The fraction of sp³-hybridized carbons (Fsp3) is 0.364. The van der Waals surface area contributed by atoms with Crippen molar-refractivity contribution in [3.05, 3.63) is 28.1 Å². The Morgan fingerprint density at radius 1 is 1.53 bits per heavy atom. The first-order valence-corrected chi connectivity index (χ1v) is 6.62. The summed E-state index contributed by atoms with van der Waals surface area (Å²) >= 11 is 3.50. The van der Waals surface area contributed by atoms with Gasteiger partial charge >= 0.3 is 0 Å². The molecule has 4 heteroatoms. The second-order valence-electron chi connectivity index (χ2n) is 3.69. The standard InChI is InChI=1S/C11H14N2S2/c1-7(12)6-10-8(2)13-11(15-10)9-4-3-5-14-9/h3-5,7H,6,12H2,1-2H3. The summed E-state index contributed by atoms with van der Waals surface area (Å²) in [6.07, 6.45) is 0.925. The van der Waals surface area contributed by atoms with Crippen LogP contribution in [0.2, 0.25) is 0 Å². The van der Waals surface area contributed by atoms with Crippen molar-refractivity contribution in [2.75, 3.05) is 0 Å². The highest BCUT2D eigenvalue weighted by Gasteiger charge is 2.11. The largest absolute Gasteiger partial charge is 0.328 e.